The summed E-state index contributed by atoms with van der Waals surface area (Å²) in [6, 6.07) is 1.42. The van der Waals surface area contributed by atoms with Crippen LogP contribution in [0.15, 0.2) is 0 Å². The third-order valence-electron chi connectivity index (χ3n) is 1.91. The molecule has 0 atom stereocenters. The molecule has 6 nitrogen and oxygen atoms in total. The van der Waals surface area contributed by atoms with Crippen molar-refractivity contribution in [2.24, 2.45) is 0 Å². The minimum atomic E-state index is -0.521. The first kappa shape index (κ1) is 15.7. The number of carbonyl (C=O) groups excluding carboxylic acids is 2. The minimum Gasteiger partial charge on any atom is -0.383 e. The number of halogens is 1. The van der Waals surface area contributed by atoms with Crippen LogP contribution in [0.5, 0.6) is 0 Å². The predicted octanol–water partition coefficient (Wildman–Crippen LogP) is 0.714. The molecular formula is C10H16ClN3O3. The number of imide groups is 1. The molecule has 0 bridgehead atoms. The van der Waals surface area contributed by atoms with Crippen LogP contribution in [-0.2, 0) is 9.53 Å². The van der Waals surface area contributed by atoms with E-state index < -0.39 is 11.9 Å². The van der Waals surface area contributed by atoms with Crippen LogP contribution in [0.3, 0.4) is 0 Å². The Kier molecular flexibility index (Phi) is 9.11. The maximum Gasteiger partial charge on any atom is 0.324 e. The summed E-state index contributed by atoms with van der Waals surface area (Å²) in [5, 5.41) is 10.7. The van der Waals surface area contributed by atoms with Crippen molar-refractivity contribution < 1.29 is 14.3 Å². The maximum absolute atomic E-state index is 11.6. The fraction of sp³-hybridized carbons (Fsp3) is 0.700. The SMILES string of the molecule is COCCN(CCC#N)C(=O)NC(=O)CCCl. The largest absolute Gasteiger partial charge is 0.383 e. The number of nitrogens with one attached hydrogen (secondary N) is 1. The number of methoxy groups -OCH3 is 1. The second-order valence-electron chi connectivity index (χ2n) is 3.18. The molecule has 0 heterocycles. The molecule has 0 saturated heterocycles. The lowest BCUT2D eigenvalue weighted by atomic mass is 10.4. The van der Waals surface area contributed by atoms with E-state index in [2.05, 4.69) is 5.32 Å². The van der Waals surface area contributed by atoms with Gasteiger partial charge in [0.2, 0.25) is 5.91 Å². The molecule has 0 aromatic heterocycles. The van der Waals surface area contributed by atoms with Gasteiger partial charge in [-0.2, -0.15) is 5.26 Å². The minimum absolute atomic E-state index is 0.0870. The zero-order valence-corrected chi connectivity index (χ0v) is 10.5. The predicted molar refractivity (Wildman–Crippen MR) is 62.6 cm³/mol. The first-order chi connectivity index (χ1) is 8.15. The number of hydrogen-bond donors (Lipinski definition) is 1. The molecule has 0 unspecified atom stereocenters. The number of urea groups is 1. The van der Waals surface area contributed by atoms with E-state index in [4.69, 9.17) is 21.6 Å². The number of carbonyl (C=O) groups is 2. The summed E-state index contributed by atoms with van der Waals surface area (Å²) in [6.07, 6.45) is 0.296. The summed E-state index contributed by atoms with van der Waals surface area (Å²) < 4.78 is 4.84. The van der Waals surface area contributed by atoms with Crippen molar-refractivity contribution in [3.63, 3.8) is 0 Å². The third kappa shape index (κ3) is 7.55. The molecule has 0 spiro atoms. The molecule has 7 heteroatoms. The van der Waals surface area contributed by atoms with Crippen molar-refractivity contribution in [1.29, 1.82) is 5.26 Å². The van der Waals surface area contributed by atoms with Crippen molar-refractivity contribution in [1.82, 2.24) is 10.2 Å². The van der Waals surface area contributed by atoms with E-state index in [1.165, 1.54) is 12.0 Å². The fourth-order valence-corrected chi connectivity index (χ4v) is 1.22. The topological polar surface area (TPSA) is 82.4 Å². The number of nitriles is 1. The van der Waals surface area contributed by atoms with E-state index in [1.54, 1.807) is 0 Å². The molecule has 0 aliphatic carbocycles. The van der Waals surface area contributed by atoms with Crippen LogP contribution in [0.25, 0.3) is 0 Å². The van der Waals surface area contributed by atoms with Gasteiger partial charge in [-0.25, -0.2) is 4.79 Å². The quantitative estimate of drug-likeness (QED) is 0.685. The molecule has 96 valence electrons. The highest BCUT2D eigenvalue weighted by molar-refractivity contribution is 6.19. The monoisotopic (exact) mass is 261 g/mol. The van der Waals surface area contributed by atoms with Gasteiger partial charge in [0.1, 0.15) is 0 Å². The molecule has 0 aliphatic rings. The van der Waals surface area contributed by atoms with Crippen LogP contribution in [0.1, 0.15) is 12.8 Å². The summed E-state index contributed by atoms with van der Waals surface area (Å²) in [4.78, 5) is 24.2. The lowest BCUT2D eigenvalue weighted by Crippen LogP contribution is -2.44. The summed E-state index contributed by atoms with van der Waals surface area (Å²) in [6.45, 7) is 0.945. The van der Waals surface area contributed by atoms with Crippen molar-refractivity contribution in [2.45, 2.75) is 12.8 Å². The van der Waals surface area contributed by atoms with Crippen molar-refractivity contribution >= 4 is 23.5 Å². The van der Waals surface area contributed by atoms with Gasteiger partial charge in [-0.3, -0.25) is 10.1 Å². The Labute approximate surface area is 105 Å². The van der Waals surface area contributed by atoms with Crippen LogP contribution >= 0.6 is 11.6 Å². The molecule has 0 radical (unpaired) electrons. The van der Waals surface area contributed by atoms with Crippen LogP contribution in [0, 0.1) is 11.3 Å². The van der Waals surface area contributed by atoms with E-state index in [9.17, 15) is 9.59 Å². The van der Waals surface area contributed by atoms with E-state index in [1.807, 2.05) is 6.07 Å². The summed E-state index contributed by atoms with van der Waals surface area (Å²) in [5.74, 6) is -0.264. The Balaban J connectivity index is 4.20. The molecule has 0 saturated carbocycles. The summed E-state index contributed by atoms with van der Waals surface area (Å²) in [5.41, 5.74) is 0. The zero-order chi connectivity index (χ0) is 13.1. The number of nitrogens with zero attached hydrogens (tertiary/aromatic N) is 2. The van der Waals surface area contributed by atoms with Gasteiger partial charge in [-0.05, 0) is 0 Å². The van der Waals surface area contributed by atoms with Crippen molar-refractivity contribution in [3.05, 3.63) is 0 Å². The number of amides is 3. The Morgan fingerprint density at radius 3 is 2.71 bits per heavy atom. The number of ether oxygens (including phenoxy) is 1. The van der Waals surface area contributed by atoms with Crippen LogP contribution in [-0.4, -0.2) is 49.5 Å². The summed E-state index contributed by atoms with van der Waals surface area (Å²) >= 11 is 5.38. The van der Waals surface area contributed by atoms with Gasteiger partial charge in [0.25, 0.3) is 0 Å². The lowest BCUT2D eigenvalue weighted by Gasteiger charge is -2.20. The van der Waals surface area contributed by atoms with Crippen LogP contribution in [0.4, 0.5) is 4.79 Å². The van der Waals surface area contributed by atoms with E-state index in [0.717, 1.165) is 0 Å². The van der Waals surface area contributed by atoms with Gasteiger partial charge in [0.05, 0.1) is 19.1 Å². The van der Waals surface area contributed by atoms with Gasteiger partial charge in [-0.1, -0.05) is 0 Å². The van der Waals surface area contributed by atoms with Gasteiger partial charge < -0.3 is 9.64 Å². The highest BCUT2D eigenvalue weighted by atomic mass is 35.5. The standard InChI is InChI=1S/C10H16ClN3O3/c1-17-8-7-14(6-2-5-12)10(16)13-9(15)3-4-11/h2-4,6-8H2,1H3,(H,13,15,16). The first-order valence-corrected chi connectivity index (χ1v) is 5.69. The average molecular weight is 262 g/mol. The highest BCUT2D eigenvalue weighted by Gasteiger charge is 2.15. The Morgan fingerprint density at radius 2 is 2.18 bits per heavy atom. The van der Waals surface area contributed by atoms with E-state index in [0.29, 0.717) is 13.2 Å². The second kappa shape index (κ2) is 9.87. The van der Waals surface area contributed by atoms with Gasteiger partial charge >= 0.3 is 6.03 Å². The Hall–Kier alpha value is -1.32. The maximum atomic E-state index is 11.6. The number of rotatable bonds is 7. The second-order valence-corrected chi connectivity index (χ2v) is 3.56. The van der Waals surface area contributed by atoms with E-state index >= 15 is 0 Å². The molecule has 0 aromatic rings. The van der Waals surface area contributed by atoms with Crippen LogP contribution in [0.2, 0.25) is 0 Å². The molecule has 0 fully saturated rings. The van der Waals surface area contributed by atoms with Gasteiger partial charge in [0.15, 0.2) is 0 Å². The molecule has 1 N–H and O–H groups in total. The Bertz CT molecular complexity index is 291. The number of alkyl halides is 1. The van der Waals surface area contributed by atoms with Gasteiger partial charge in [0, 0.05) is 32.5 Å². The van der Waals surface area contributed by atoms with Crippen molar-refractivity contribution in [2.75, 3.05) is 32.7 Å². The normalized spacial score (nSPS) is 9.47. The summed E-state index contributed by atoms with van der Waals surface area (Å²) in [7, 11) is 1.51. The average Bonchev–Trinajstić information content (AvgIpc) is 2.29. The Morgan fingerprint density at radius 1 is 1.47 bits per heavy atom. The smallest absolute Gasteiger partial charge is 0.324 e. The van der Waals surface area contributed by atoms with Gasteiger partial charge in [-0.15, -0.1) is 11.6 Å². The van der Waals surface area contributed by atoms with Crippen LogP contribution < -0.4 is 5.32 Å². The number of hydrogen-bond acceptors (Lipinski definition) is 4. The molecule has 3 amide bonds. The third-order valence-corrected chi connectivity index (χ3v) is 2.10. The molecular weight excluding hydrogens is 246 g/mol. The van der Waals surface area contributed by atoms with E-state index in [-0.39, 0.29) is 25.3 Å². The zero-order valence-electron chi connectivity index (χ0n) is 9.74. The first-order valence-electron chi connectivity index (χ1n) is 5.16. The molecule has 0 aromatic carbocycles. The fourth-order valence-electron chi connectivity index (χ4n) is 1.05. The molecule has 17 heavy (non-hydrogen) atoms. The molecule has 0 rings (SSSR count). The van der Waals surface area contributed by atoms with Crippen molar-refractivity contribution in [3.8, 4) is 6.07 Å². The lowest BCUT2D eigenvalue weighted by molar-refractivity contribution is -0.119. The molecule has 0 aliphatic heterocycles. The highest BCUT2D eigenvalue weighted by Crippen LogP contribution is 1.94.